The van der Waals surface area contributed by atoms with E-state index in [-0.39, 0.29) is 19.0 Å². The van der Waals surface area contributed by atoms with Gasteiger partial charge in [-0.15, -0.1) is 0 Å². The lowest BCUT2D eigenvalue weighted by atomic mass is 10.2. The molecule has 3 aromatic rings. The van der Waals surface area contributed by atoms with E-state index in [0.29, 0.717) is 23.3 Å². The summed E-state index contributed by atoms with van der Waals surface area (Å²) in [6, 6.07) is 12.8. The predicted octanol–water partition coefficient (Wildman–Crippen LogP) is 3.43. The second-order valence-electron chi connectivity index (χ2n) is 6.72. The summed E-state index contributed by atoms with van der Waals surface area (Å²) < 4.78 is 25.7. The fourth-order valence-electron chi connectivity index (χ4n) is 3.46. The minimum absolute atomic E-state index is 0.0358. The lowest BCUT2D eigenvalue weighted by molar-refractivity contribution is -0.147. The van der Waals surface area contributed by atoms with Crippen molar-refractivity contribution < 1.29 is 23.5 Å². The van der Waals surface area contributed by atoms with Gasteiger partial charge in [0, 0.05) is 11.3 Å². The number of benzene rings is 2. The third-order valence-electron chi connectivity index (χ3n) is 4.85. The number of halogens is 1. The van der Waals surface area contributed by atoms with E-state index in [9.17, 15) is 14.0 Å². The lowest BCUT2D eigenvalue weighted by Crippen LogP contribution is -2.16. The lowest BCUT2D eigenvalue weighted by Gasteiger charge is -2.08. The zero-order valence-corrected chi connectivity index (χ0v) is 15.6. The van der Waals surface area contributed by atoms with E-state index >= 15 is 0 Å². The van der Waals surface area contributed by atoms with Gasteiger partial charge in [0.1, 0.15) is 23.9 Å². The minimum Gasteiger partial charge on any atom is -0.481 e. The SMILES string of the molecule is O=Cc1ccccc1OCC(=O)OCc1nn(-c2ccc(F)cc2)c2c1CCC2. The van der Waals surface area contributed by atoms with E-state index in [4.69, 9.17) is 9.47 Å². The van der Waals surface area contributed by atoms with Gasteiger partial charge in [-0.3, -0.25) is 4.79 Å². The maximum absolute atomic E-state index is 13.2. The van der Waals surface area contributed by atoms with E-state index in [1.165, 1.54) is 12.1 Å². The Morgan fingerprint density at radius 1 is 1.14 bits per heavy atom. The molecule has 1 aliphatic rings. The summed E-state index contributed by atoms with van der Waals surface area (Å²) in [5, 5.41) is 4.58. The molecule has 29 heavy (non-hydrogen) atoms. The van der Waals surface area contributed by atoms with Crippen molar-refractivity contribution in [3.05, 3.63) is 76.9 Å². The summed E-state index contributed by atoms with van der Waals surface area (Å²) >= 11 is 0. The van der Waals surface area contributed by atoms with Gasteiger partial charge in [0.25, 0.3) is 0 Å². The highest BCUT2D eigenvalue weighted by atomic mass is 19.1. The fourth-order valence-corrected chi connectivity index (χ4v) is 3.46. The molecule has 2 aromatic carbocycles. The zero-order valence-electron chi connectivity index (χ0n) is 15.6. The largest absolute Gasteiger partial charge is 0.481 e. The highest BCUT2D eigenvalue weighted by Crippen LogP contribution is 2.28. The molecular weight excluding hydrogens is 375 g/mol. The summed E-state index contributed by atoms with van der Waals surface area (Å²) in [4.78, 5) is 23.1. The normalized spacial score (nSPS) is 12.4. The molecule has 148 valence electrons. The zero-order chi connectivity index (χ0) is 20.2. The second-order valence-corrected chi connectivity index (χ2v) is 6.72. The summed E-state index contributed by atoms with van der Waals surface area (Å²) in [7, 11) is 0. The molecule has 0 N–H and O–H groups in total. The predicted molar refractivity (Wildman–Crippen MR) is 103 cm³/mol. The molecule has 1 heterocycles. The number of aldehydes is 1. The number of ether oxygens (including phenoxy) is 2. The molecule has 0 spiro atoms. The van der Waals surface area contributed by atoms with Crippen molar-refractivity contribution >= 4 is 12.3 Å². The standard InChI is InChI=1S/C22H19FN2O4/c23-16-8-10-17(11-9-16)25-20-6-3-5-18(20)19(24-25)13-29-22(27)14-28-21-7-2-1-4-15(21)12-26/h1-2,4,7-12H,3,5-6,13-14H2. The number of para-hydroxylation sites is 1. The van der Waals surface area contributed by atoms with Crippen LogP contribution in [0.1, 0.15) is 33.7 Å². The number of esters is 1. The summed E-state index contributed by atoms with van der Waals surface area (Å²) in [6.07, 6.45) is 3.42. The molecule has 1 aliphatic carbocycles. The van der Waals surface area contributed by atoms with Crippen LogP contribution in [0.3, 0.4) is 0 Å². The van der Waals surface area contributed by atoms with Crippen molar-refractivity contribution in [3.63, 3.8) is 0 Å². The molecule has 1 aromatic heterocycles. The van der Waals surface area contributed by atoms with Crippen LogP contribution in [0.4, 0.5) is 4.39 Å². The van der Waals surface area contributed by atoms with Crippen molar-refractivity contribution in [2.75, 3.05) is 6.61 Å². The number of rotatable bonds is 7. The van der Waals surface area contributed by atoms with Crippen LogP contribution < -0.4 is 4.74 Å². The summed E-state index contributed by atoms with van der Waals surface area (Å²) in [6.45, 7) is -0.264. The van der Waals surface area contributed by atoms with Crippen molar-refractivity contribution in [2.24, 2.45) is 0 Å². The van der Waals surface area contributed by atoms with Gasteiger partial charge in [0.15, 0.2) is 12.9 Å². The van der Waals surface area contributed by atoms with Gasteiger partial charge in [-0.25, -0.2) is 13.9 Å². The number of hydrogen-bond donors (Lipinski definition) is 0. The maximum Gasteiger partial charge on any atom is 0.344 e. The van der Waals surface area contributed by atoms with Crippen molar-refractivity contribution in [1.82, 2.24) is 9.78 Å². The molecule has 0 amide bonds. The fraction of sp³-hybridized carbons (Fsp3) is 0.227. The van der Waals surface area contributed by atoms with Crippen LogP contribution in [-0.2, 0) is 29.0 Å². The van der Waals surface area contributed by atoms with Crippen molar-refractivity contribution in [2.45, 2.75) is 25.9 Å². The van der Waals surface area contributed by atoms with Crippen LogP contribution in [0.15, 0.2) is 48.5 Å². The molecule has 0 bridgehead atoms. The topological polar surface area (TPSA) is 70.4 Å². The molecule has 0 aliphatic heterocycles. The number of carbonyl (C=O) groups excluding carboxylic acids is 2. The summed E-state index contributed by atoms with van der Waals surface area (Å²) in [5.74, 6) is -0.516. The smallest absolute Gasteiger partial charge is 0.344 e. The molecule has 0 saturated carbocycles. The quantitative estimate of drug-likeness (QED) is 0.454. The van der Waals surface area contributed by atoms with Crippen molar-refractivity contribution in [1.29, 1.82) is 0 Å². The Bertz CT molecular complexity index is 1040. The average molecular weight is 394 g/mol. The Morgan fingerprint density at radius 2 is 1.93 bits per heavy atom. The first-order valence-corrected chi connectivity index (χ1v) is 9.34. The number of carbonyl (C=O) groups is 2. The highest BCUT2D eigenvalue weighted by Gasteiger charge is 2.24. The highest BCUT2D eigenvalue weighted by molar-refractivity contribution is 5.79. The van der Waals surface area contributed by atoms with E-state index in [1.54, 1.807) is 41.1 Å². The monoisotopic (exact) mass is 394 g/mol. The third kappa shape index (κ3) is 4.03. The third-order valence-corrected chi connectivity index (χ3v) is 4.85. The average Bonchev–Trinajstić information content (AvgIpc) is 3.35. The minimum atomic E-state index is -0.547. The van der Waals surface area contributed by atoms with Crippen LogP contribution in [0, 0.1) is 5.82 Å². The molecule has 4 rings (SSSR count). The molecule has 0 saturated heterocycles. The Morgan fingerprint density at radius 3 is 2.72 bits per heavy atom. The van der Waals surface area contributed by atoms with Crippen LogP contribution >= 0.6 is 0 Å². The van der Waals surface area contributed by atoms with Crippen LogP contribution in [-0.4, -0.2) is 28.6 Å². The Labute approximate surface area is 166 Å². The van der Waals surface area contributed by atoms with Gasteiger partial charge in [0.05, 0.1) is 11.3 Å². The van der Waals surface area contributed by atoms with Crippen molar-refractivity contribution in [3.8, 4) is 11.4 Å². The van der Waals surface area contributed by atoms with Gasteiger partial charge in [0.2, 0.25) is 0 Å². The van der Waals surface area contributed by atoms with Gasteiger partial charge in [-0.2, -0.15) is 5.10 Å². The second kappa shape index (κ2) is 8.26. The van der Waals surface area contributed by atoms with E-state index in [1.807, 2.05) is 0 Å². The van der Waals surface area contributed by atoms with Gasteiger partial charge >= 0.3 is 5.97 Å². The number of aromatic nitrogens is 2. The van der Waals surface area contributed by atoms with E-state index in [2.05, 4.69) is 5.10 Å². The van der Waals surface area contributed by atoms with E-state index < -0.39 is 5.97 Å². The molecule has 0 unspecified atom stereocenters. The first-order valence-electron chi connectivity index (χ1n) is 9.34. The van der Waals surface area contributed by atoms with Gasteiger partial charge < -0.3 is 9.47 Å². The molecule has 0 fully saturated rings. The molecule has 6 nitrogen and oxygen atoms in total. The first kappa shape index (κ1) is 18.9. The van der Waals surface area contributed by atoms with Gasteiger partial charge in [-0.1, -0.05) is 12.1 Å². The van der Waals surface area contributed by atoms with E-state index in [0.717, 1.165) is 36.2 Å². The Hall–Kier alpha value is -3.48. The van der Waals surface area contributed by atoms with Crippen LogP contribution in [0.2, 0.25) is 0 Å². The number of nitrogens with zero attached hydrogens (tertiary/aromatic N) is 2. The molecule has 0 atom stereocenters. The summed E-state index contributed by atoms with van der Waals surface area (Å²) in [5.41, 5.74) is 3.99. The van der Waals surface area contributed by atoms with Gasteiger partial charge in [-0.05, 0) is 55.7 Å². The Kier molecular flexibility index (Phi) is 5.37. The number of fused-ring (bicyclic) bond motifs is 1. The molecule has 7 heteroatoms. The first-order chi connectivity index (χ1) is 14.2. The van der Waals surface area contributed by atoms with Crippen LogP contribution in [0.25, 0.3) is 5.69 Å². The van der Waals surface area contributed by atoms with Crippen LogP contribution in [0.5, 0.6) is 5.75 Å². The Balaban J connectivity index is 1.42. The number of hydrogen-bond acceptors (Lipinski definition) is 5. The molecule has 0 radical (unpaired) electrons. The molecular formula is C22H19FN2O4. The maximum atomic E-state index is 13.2.